The lowest BCUT2D eigenvalue weighted by atomic mass is 10.3. The largest absolute Gasteiger partial charge is 0.508 e. The van der Waals surface area contributed by atoms with E-state index in [1.54, 1.807) is 24.3 Å². The third-order valence-corrected chi connectivity index (χ3v) is 1.54. The van der Waals surface area contributed by atoms with Crippen LogP contribution >= 0.6 is 0 Å². The Morgan fingerprint density at radius 3 is 2.46 bits per heavy atom. The van der Waals surface area contributed by atoms with Gasteiger partial charge in [-0.25, -0.2) is 0 Å². The van der Waals surface area contributed by atoms with Gasteiger partial charge in [-0.15, -0.1) is 0 Å². The minimum absolute atomic E-state index is 0.233. The number of ether oxygens (including phenoxy) is 2. The van der Waals surface area contributed by atoms with E-state index in [4.69, 9.17) is 14.6 Å². The van der Waals surface area contributed by atoms with Crippen LogP contribution in [0.3, 0.4) is 0 Å². The number of aromatic hydroxyl groups is 1. The van der Waals surface area contributed by atoms with Gasteiger partial charge in [0.15, 0.2) is 6.29 Å². The molecule has 0 aliphatic carbocycles. The van der Waals surface area contributed by atoms with Crippen molar-refractivity contribution in [2.45, 2.75) is 20.1 Å². The highest BCUT2D eigenvalue weighted by Crippen LogP contribution is 2.17. The van der Waals surface area contributed by atoms with Gasteiger partial charge in [-0.1, -0.05) is 0 Å². The van der Waals surface area contributed by atoms with Crippen LogP contribution in [0, 0.1) is 0 Å². The van der Waals surface area contributed by atoms with Crippen LogP contribution < -0.4 is 4.74 Å². The number of phenols is 1. The Labute approximate surface area is 77.9 Å². The van der Waals surface area contributed by atoms with E-state index in [0.29, 0.717) is 12.4 Å². The maximum absolute atomic E-state index is 9.01. The summed E-state index contributed by atoms with van der Waals surface area (Å²) in [4.78, 5) is 0. The predicted octanol–water partition coefficient (Wildman–Crippen LogP) is 2.15. The Morgan fingerprint density at radius 2 is 1.92 bits per heavy atom. The summed E-state index contributed by atoms with van der Waals surface area (Å²) in [5, 5.41) is 9.01. The van der Waals surface area contributed by atoms with Crippen molar-refractivity contribution in [2.75, 3.05) is 6.61 Å². The van der Waals surface area contributed by atoms with Crippen LogP contribution in [-0.4, -0.2) is 18.0 Å². The van der Waals surface area contributed by atoms with Crippen molar-refractivity contribution >= 4 is 0 Å². The minimum atomic E-state index is -0.255. The van der Waals surface area contributed by atoms with Gasteiger partial charge in [-0.2, -0.15) is 0 Å². The molecule has 1 aromatic rings. The summed E-state index contributed by atoms with van der Waals surface area (Å²) in [6.45, 7) is 4.37. The highest BCUT2D eigenvalue weighted by molar-refractivity contribution is 5.30. The van der Waals surface area contributed by atoms with Crippen molar-refractivity contribution < 1.29 is 14.6 Å². The first kappa shape index (κ1) is 9.86. The second-order valence-electron chi connectivity index (χ2n) is 2.63. The fourth-order valence-corrected chi connectivity index (χ4v) is 0.985. The summed E-state index contributed by atoms with van der Waals surface area (Å²) in [5.74, 6) is 0.926. The van der Waals surface area contributed by atoms with E-state index in [9.17, 15) is 0 Å². The predicted molar refractivity (Wildman–Crippen MR) is 49.8 cm³/mol. The maximum Gasteiger partial charge on any atom is 0.196 e. The molecule has 13 heavy (non-hydrogen) atoms. The molecule has 1 aromatic carbocycles. The summed E-state index contributed by atoms with van der Waals surface area (Å²) < 4.78 is 10.6. The summed E-state index contributed by atoms with van der Waals surface area (Å²) in [7, 11) is 0. The van der Waals surface area contributed by atoms with Crippen molar-refractivity contribution in [2.24, 2.45) is 0 Å². The Morgan fingerprint density at radius 1 is 1.31 bits per heavy atom. The van der Waals surface area contributed by atoms with E-state index in [-0.39, 0.29) is 12.0 Å². The highest BCUT2D eigenvalue weighted by Gasteiger charge is 2.01. The van der Waals surface area contributed by atoms with Crippen LogP contribution in [0.5, 0.6) is 11.5 Å². The monoisotopic (exact) mass is 182 g/mol. The SMILES string of the molecule is CCOC(C)Oc1ccc(O)cc1. The average molecular weight is 182 g/mol. The third kappa shape index (κ3) is 3.34. The molecule has 1 unspecified atom stereocenters. The van der Waals surface area contributed by atoms with E-state index < -0.39 is 0 Å². The Balaban J connectivity index is 2.49. The molecule has 0 saturated heterocycles. The lowest BCUT2D eigenvalue weighted by molar-refractivity contribution is -0.0613. The van der Waals surface area contributed by atoms with Gasteiger partial charge in [0, 0.05) is 6.61 Å². The Hall–Kier alpha value is -1.22. The van der Waals surface area contributed by atoms with E-state index >= 15 is 0 Å². The van der Waals surface area contributed by atoms with Gasteiger partial charge in [0.05, 0.1) is 0 Å². The molecule has 0 amide bonds. The number of phenolic OH excluding ortho intramolecular Hbond substituents is 1. The molecule has 0 aliphatic rings. The van der Waals surface area contributed by atoms with Gasteiger partial charge in [0.2, 0.25) is 0 Å². The smallest absolute Gasteiger partial charge is 0.196 e. The maximum atomic E-state index is 9.01. The molecular formula is C10H14O3. The number of hydrogen-bond donors (Lipinski definition) is 1. The van der Waals surface area contributed by atoms with E-state index in [0.717, 1.165) is 0 Å². The van der Waals surface area contributed by atoms with Gasteiger partial charge in [-0.05, 0) is 38.1 Å². The first-order valence-electron chi connectivity index (χ1n) is 4.29. The first-order chi connectivity index (χ1) is 6.22. The Kier molecular flexibility index (Phi) is 3.58. The van der Waals surface area contributed by atoms with Gasteiger partial charge < -0.3 is 14.6 Å². The van der Waals surface area contributed by atoms with Crippen LogP contribution in [0.4, 0.5) is 0 Å². The fourth-order valence-electron chi connectivity index (χ4n) is 0.985. The molecule has 0 aliphatic heterocycles. The van der Waals surface area contributed by atoms with Crippen LogP contribution in [0.15, 0.2) is 24.3 Å². The molecule has 1 N–H and O–H groups in total. The van der Waals surface area contributed by atoms with Gasteiger partial charge in [0.25, 0.3) is 0 Å². The first-order valence-corrected chi connectivity index (χ1v) is 4.29. The molecule has 0 bridgehead atoms. The van der Waals surface area contributed by atoms with Crippen molar-refractivity contribution in [3.8, 4) is 11.5 Å². The molecule has 0 spiro atoms. The molecule has 0 radical (unpaired) electrons. The molecule has 0 fully saturated rings. The lowest BCUT2D eigenvalue weighted by Crippen LogP contribution is -2.15. The van der Waals surface area contributed by atoms with Crippen LogP contribution in [0.1, 0.15) is 13.8 Å². The van der Waals surface area contributed by atoms with Crippen LogP contribution in [-0.2, 0) is 4.74 Å². The quantitative estimate of drug-likeness (QED) is 0.725. The molecular weight excluding hydrogens is 168 g/mol. The van der Waals surface area contributed by atoms with Crippen molar-refractivity contribution in [3.63, 3.8) is 0 Å². The van der Waals surface area contributed by atoms with E-state index in [2.05, 4.69) is 0 Å². The molecule has 0 heterocycles. The second-order valence-corrected chi connectivity index (χ2v) is 2.63. The van der Waals surface area contributed by atoms with E-state index in [1.807, 2.05) is 13.8 Å². The summed E-state index contributed by atoms with van der Waals surface area (Å²) >= 11 is 0. The number of benzene rings is 1. The number of rotatable bonds is 4. The standard InChI is InChI=1S/C10H14O3/c1-3-12-8(2)13-10-6-4-9(11)5-7-10/h4-8,11H,3H2,1-2H3. The van der Waals surface area contributed by atoms with E-state index in [1.165, 1.54) is 0 Å². The second kappa shape index (κ2) is 4.72. The lowest BCUT2D eigenvalue weighted by Gasteiger charge is -2.13. The molecule has 72 valence electrons. The molecule has 1 atom stereocenters. The number of hydrogen-bond acceptors (Lipinski definition) is 3. The van der Waals surface area contributed by atoms with Gasteiger partial charge in [0.1, 0.15) is 11.5 Å². The topological polar surface area (TPSA) is 38.7 Å². The van der Waals surface area contributed by atoms with Crippen LogP contribution in [0.25, 0.3) is 0 Å². The molecule has 3 nitrogen and oxygen atoms in total. The summed E-state index contributed by atoms with van der Waals surface area (Å²) in [5.41, 5.74) is 0. The molecule has 0 saturated carbocycles. The average Bonchev–Trinajstić information content (AvgIpc) is 2.09. The normalized spacial score (nSPS) is 12.5. The zero-order chi connectivity index (χ0) is 9.68. The van der Waals surface area contributed by atoms with Gasteiger partial charge >= 0.3 is 0 Å². The van der Waals surface area contributed by atoms with Gasteiger partial charge in [-0.3, -0.25) is 0 Å². The Bertz CT molecular complexity index is 243. The fraction of sp³-hybridized carbons (Fsp3) is 0.400. The molecule has 1 rings (SSSR count). The zero-order valence-electron chi connectivity index (χ0n) is 7.86. The third-order valence-electron chi connectivity index (χ3n) is 1.54. The molecule has 0 aromatic heterocycles. The highest BCUT2D eigenvalue weighted by atomic mass is 16.7. The summed E-state index contributed by atoms with van der Waals surface area (Å²) in [6, 6.07) is 6.55. The minimum Gasteiger partial charge on any atom is -0.508 e. The summed E-state index contributed by atoms with van der Waals surface area (Å²) in [6.07, 6.45) is -0.255. The molecule has 3 heteroatoms. The van der Waals surface area contributed by atoms with Crippen molar-refractivity contribution in [1.29, 1.82) is 0 Å². The van der Waals surface area contributed by atoms with Crippen molar-refractivity contribution in [3.05, 3.63) is 24.3 Å². The van der Waals surface area contributed by atoms with Crippen molar-refractivity contribution in [1.82, 2.24) is 0 Å². The zero-order valence-corrected chi connectivity index (χ0v) is 7.86. The van der Waals surface area contributed by atoms with Crippen LogP contribution in [0.2, 0.25) is 0 Å².